The Morgan fingerprint density at radius 2 is 2.06 bits per heavy atom. The van der Waals surface area contributed by atoms with Crippen molar-refractivity contribution in [3.63, 3.8) is 0 Å². The summed E-state index contributed by atoms with van der Waals surface area (Å²) < 4.78 is 5.97. The maximum absolute atomic E-state index is 5.97. The monoisotopic (exact) mass is 250 g/mol. The van der Waals surface area contributed by atoms with E-state index in [1.165, 1.54) is 0 Å². The lowest BCUT2D eigenvalue weighted by Crippen LogP contribution is -2.18. The lowest BCUT2D eigenvalue weighted by Gasteiger charge is -2.17. The summed E-state index contributed by atoms with van der Waals surface area (Å²) in [4.78, 5) is 4.57. The summed E-state index contributed by atoms with van der Waals surface area (Å²) in [6.45, 7) is 10.3. The van der Waals surface area contributed by atoms with Crippen LogP contribution >= 0.6 is 0 Å². The molecule has 18 heavy (non-hydrogen) atoms. The standard InChI is InChI=1S/C15H26N2O/c1-5-7-13(4)18-15-9-8-12(3)17-14(15)11-16-10-6-2/h8-9,13,16H,5-7,10-11H2,1-4H3. The highest BCUT2D eigenvalue weighted by atomic mass is 16.5. The minimum atomic E-state index is 0.254. The van der Waals surface area contributed by atoms with Crippen molar-refractivity contribution < 1.29 is 4.74 Å². The molecular formula is C15H26N2O. The molecule has 1 N–H and O–H groups in total. The molecule has 0 aliphatic rings. The number of aromatic nitrogens is 1. The molecule has 0 radical (unpaired) electrons. The number of hydrogen-bond donors (Lipinski definition) is 1. The molecule has 3 nitrogen and oxygen atoms in total. The van der Waals surface area contributed by atoms with E-state index in [1.54, 1.807) is 0 Å². The first-order valence-corrected chi connectivity index (χ1v) is 7.01. The van der Waals surface area contributed by atoms with Crippen LogP contribution in [0.5, 0.6) is 5.75 Å². The summed E-state index contributed by atoms with van der Waals surface area (Å²) >= 11 is 0. The van der Waals surface area contributed by atoms with E-state index in [2.05, 4.69) is 31.1 Å². The number of rotatable bonds is 8. The Balaban J connectivity index is 2.69. The Hall–Kier alpha value is -1.09. The number of pyridine rings is 1. The summed E-state index contributed by atoms with van der Waals surface area (Å²) in [7, 11) is 0. The minimum Gasteiger partial charge on any atom is -0.489 e. The molecule has 1 unspecified atom stereocenters. The molecule has 0 fully saturated rings. The first-order chi connectivity index (χ1) is 8.67. The molecule has 0 bridgehead atoms. The Morgan fingerprint density at radius 1 is 1.28 bits per heavy atom. The smallest absolute Gasteiger partial charge is 0.142 e. The highest BCUT2D eigenvalue weighted by Gasteiger charge is 2.09. The lowest BCUT2D eigenvalue weighted by molar-refractivity contribution is 0.206. The van der Waals surface area contributed by atoms with Crippen LogP contribution in [0.25, 0.3) is 0 Å². The van der Waals surface area contributed by atoms with E-state index < -0.39 is 0 Å². The van der Waals surface area contributed by atoms with Crippen molar-refractivity contribution >= 4 is 0 Å². The van der Waals surface area contributed by atoms with Crippen LogP contribution in [0.1, 0.15) is 51.4 Å². The molecule has 102 valence electrons. The number of nitrogens with one attached hydrogen (secondary N) is 1. The second-order valence-corrected chi connectivity index (χ2v) is 4.79. The molecule has 0 saturated heterocycles. The number of hydrogen-bond acceptors (Lipinski definition) is 3. The van der Waals surface area contributed by atoms with Gasteiger partial charge in [-0.25, -0.2) is 0 Å². The second kappa shape index (κ2) is 8.09. The van der Waals surface area contributed by atoms with Gasteiger partial charge in [0.2, 0.25) is 0 Å². The molecule has 1 heterocycles. The summed E-state index contributed by atoms with van der Waals surface area (Å²) in [6, 6.07) is 4.05. The van der Waals surface area contributed by atoms with Crippen LogP contribution < -0.4 is 10.1 Å². The van der Waals surface area contributed by atoms with Crippen LogP contribution in [0.15, 0.2) is 12.1 Å². The van der Waals surface area contributed by atoms with E-state index in [0.717, 1.165) is 49.5 Å². The van der Waals surface area contributed by atoms with E-state index >= 15 is 0 Å². The molecule has 0 aromatic carbocycles. The maximum atomic E-state index is 5.97. The molecule has 0 saturated carbocycles. The predicted molar refractivity (Wildman–Crippen MR) is 76.0 cm³/mol. The summed E-state index contributed by atoms with van der Waals surface area (Å²) in [6.07, 6.45) is 3.61. The van der Waals surface area contributed by atoms with Gasteiger partial charge in [0.15, 0.2) is 0 Å². The highest BCUT2D eigenvalue weighted by molar-refractivity contribution is 5.29. The number of nitrogens with zero attached hydrogens (tertiary/aromatic N) is 1. The van der Waals surface area contributed by atoms with Gasteiger partial charge < -0.3 is 10.1 Å². The lowest BCUT2D eigenvalue weighted by atomic mass is 10.2. The fourth-order valence-corrected chi connectivity index (χ4v) is 1.90. The van der Waals surface area contributed by atoms with Gasteiger partial charge in [-0.1, -0.05) is 20.3 Å². The Bertz CT molecular complexity index is 352. The SMILES string of the molecule is CCCNCc1nc(C)ccc1OC(C)CCC. The van der Waals surface area contributed by atoms with Crippen LogP contribution in [0.4, 0.5) is 0 Å². The number of ether oxygens (including phenoxy) is 1. The zero-order valence-electron chi connectivity index (χ0n) is 12.1. The molecule has 0 spiro atoms. The van der Waals surface area contributed by atoms with E-state index in [1.807, 2.05) is 19.1 Å². The molecule has 1 atom stereocenters. The van der Waals surface area contributed by atoms with Gasteiger partial charge in [0, 0.05) is 12.2 Å². The summed E-state index contributed by atoms with van der Waals surface area (Å²) in [5, 5.41) is 3.38. The molecule has 0 aliphatic carbocycles. The minimum absolute atomic E-state index is 0.254. The topological polar surface area (TPSA) is 34.2 Å². The van der Waals surface area contributed by atoms with Crippen molar-refractivity contribution in [2.75, 3.05) is 6.54 Å². The molecule has 3 heteroatoms. The third-order valence-corrected chi connectivity index (χ3v) is 2.81. The van der Waals surface area contributed by atoms with Crippen molar-refractivity contribution in [3.8, 4) is 5.75 Å². The normalized spacial score (nSPS) is 12.4. The fourth-order valence-electron chi connectivity index (χ4n) is 1.90. The predicted octanol–water partition coefficient (Wildman–Crippen LogP) is 3.46. The van der Waals surface area contributed by atoms with Crippen molar-refractivity contribution in [2.45, 2.75) is 59.6 Å². The Morgan fingerprint density at radius 3 is 2.72 bits per heavy atom. The van der Waals surface area contributed by atoms with Gasteiger partial charge in [-0.15, -0.1) is 0 Å². The average Bonchev–Trinajstić information content (AvgIpc) is 2.33. The fraction of sp³-hybridized carbons (Fsp3) is 0.667. The van der Waals surface area contributed by atoms with Gasteiger partial charge in [0.05, 0.1) is 11.8 Å². The molecule has 1 rings (SSSR count). The third kappa shape index (κ3) is 5.05. The van der Waals surface area contributed by atoms with Gasteiger partial charge in [0.25, 0.3) is 0 Å². The van der Waals surface area contributed by atoms with Crippen LogP contribution in [-0.2, 0) is 6.54 Å². The van der Waals surface area contributed by atoms with Gasteiger partial charge in [0.1, 0.15) is 5.75 Å². The number of aryl methyl sites for hydroxylation is 1. The van der Waals surface area contributed by atoms with Crippen LogP contribution in [0.3, 0.4) is 0 Å². The molecule has 1 aromatic heterocycles. The van der Waals surface area contributed by atoms with Crippen molar-refractivity contribution in [3.05, 3.63) is 23.5 Å². The first kappa shape index (κ1) is 15.0. The zero-order valence-corrected chi connectivity index (χ0v) is 12.1. The average molecular weight is 250 g/mol. The van der Waals surface area contributed by atoms with E-state index in [0.29, 0.717) is 0 Å². The molecular weight excluding hydrogens is 224 g/mol. The van der Waals surface area contributed by atoms with Gasteiger partial charge in [-0.2, -0.15) is 0 Å². The quantitative estimate of drug-likeness (QED) is 0.717. The van der Waals surface area contributed by atoms with Crippen LogP contribution in [0, 0.1) is 6.92 Å². The zero-order chi connectivity index (χ0) is 13.4. The largest absolute Gasteiger partial charge is 0.489 e. The molecule has 1 aromatic rings. The van der Waals surface area contributed by atoms with Crippen LogP contribution in [0.2, 0.25) is 0 Å². The highest BCUT2D eigenvalue weighted by Crippen LogP contribution is 2.19. The van der Waals surface area contributed by atoms with E-state index in [9.17, 15) is 0 Å². The Labute approximate surface area is 111 Å². The second-order valence-electron chi connectivity index (χ2n) is 4.79. The van der Waals surface area contributed by atoms with Crippen molar-refractivity contribution in [1.82, 2.24) is 10.3 Å². The summed E-state index contributed by atoms with van der Waals surface area (Å²) in [5.74, 6) is 0.921. The van der Waals surface area contributed by atoms with Gasteiger partial charge in [-0.05, 0) is 45.4 Å². The van der Waals surface area contributed by atoms with Gasteiger partial charge >= 0.3 is 0 Å². The van der Waals surface area contributed by atoms with Crippen molar-refractivity contribution in [2.24, 2.45) is 0 Å². The van der Waals surface area contributed by atoms with E-state index in [-0.39, 0.29) is 6.10 Å². The van der Waals surface area contributed by atoms with Crippen molar-refractivity contribution in [1.29, 1.82) is 0 Å². The summed E-state index contributed by atoms with van der Waals surface area (Å²) in [5.41, 5.74) is 2.06. The van der Waals surface area contributed by atoms with Crippen LogP contribution in [-0.4, -0.2) is 17.6 Å². The Kier molecular flexibility index (Phi) is 6.73. The maximum Gasteiger partial charge on any atom is 0.142 e. The first-order valence-electron chi connectivity index (χ1n) is 7.01. The third-order valence-electron chi connectivity index (χ3n) is 2.81. The molecule has 0 aliphatic heterocycles. The van der Waals surface area contributed by atoms with E-state index in [4.69, 9.17) is 4.74 Å². The molecule has 0 amide bonds. The van der Waals surface area contributed by atoms with Gasteiger partial charge in [-0.3, -0.25) is 4.98 Å².